The smallest absolute Gasteiger partial charge is 0.212 e. The molecule has 96 valence electrons. The molecule has 1 heterocycles. The van der Waals surface area contributed by atoms with E-state index in [0.717, 1.165) is 12.5 Å². The minimum absolute atomic E-state index is 0.0415. The third kappa shape index (κ3) is 2.68. The maximum Gasteiger partial charge on any atom is 0.214 e. The van der Waals surface area contributed by atoms with Gasteiger partial charge in [0.05, 0.1) is 17.4 Å². The fourth-order valence-corrected chi connectivity index (χ4v) is 3.52. The lowest BCUT2D eigenvalue weighted by atomic mass is 10.1. The van der Waals surface area contributed by atoms with Gasteiger partial charge in [0.25, 0.3) is 0 Å². The van der Waals surface area contributed by atoms with Crippen LogP contribution in [-0.4, -0.2) is 25.0 Å². The Morgan fingerprint density at radius 3 is 2.78 bits per heavy atom. The lowest BCUT2D eigenvalue weighted by molar-refractivity contribution is 0.373. The van der Waals surface area contributed by atoms with Gasteiger partial charge in [0.1, 0.15) is 5.82 Å². The number of sulfonamides is 1. The average Bonchev–Trinajstić information content (AvgIpc) is 2.33. The molecule has 0 spiro atoms. The van der Waals surface area contributed by atoms with Crippen molar-refractivity contribution >= 4 is 10.0 Å². The molecule has 1 fully saturated rings. The fourth-order valence-electron chi connectivity index (χ4n) is 1.95. The monoisotopic (exact) mass is 268 g/mol. The maximum absolute atomic E-state index is 13.7. The molecular formula is C12H13FN2O2S. The summed E-state index contributed by atoms with van der Waals surface area (Å²) >= 11 is 0. The minimum atomic E-state index is -3.25. The van der Waals surface area contributed by atoms with Crippen LogP contribution < -0.4 is 0 Å². The number of rotatable bonds is 2. The molecule has 18 heavy (non-hydrogen) atoms. The quantitative estimate of drug-likeness (QED) is 0.819. The number of hydrogen-bond donors (Lipinski definition) is 0. The van der Waals surface area contributed by atoms with Crippen LogP contribution in [0, 0.1) is 17.1 Å². The van der Waals surface area contributed by atoms with Gasteiger partial charge in [0, 0.05) is 18.7 Å². The van der Waals surface area contributed by atoms with Crippen molar-refractivity contribution in [1.82, 2.24) is 4.31 Å². The molecule has 0 atom stereocenters. The molecule has 0 aliphatic carbocycles. The zero-order chi connectivity index (χ0) is 13.2. The summed E-state index contributed by atoms with van der Waals surface area (Å²) < 4.78 is 38.5. The van der Waals surface area contributed by atoms with Crippen molar-refractivity contribution in [3.8, 4) is 6.07 Å². The van der Waals surface area contributed by atoms with Crippen molar-refractivity contribution in [3.63, 3.8) is 0 Å². The summed E-state index contributed by atoms with van der Waals surface area (Å²) in [6, 6.07) is 5.94. The fraction of sp³-hybridized carbons (Fsp3) is 0.417. The zero-order valence-electron chi connectivity index (χ0n) is 9.76. The molecule has 0 radical (unpaired) electrons. The number of hydrogen-bond acceptors (Lipinski definition) is 3. The molecule has 2 rings (SSSR count). The first-order valence-electron chi connectivity index (χ1n) is 5.69. The lowest BCUT2D eigenvalue weighted by Crippen LogP contribution is -2.37. The Morgan fingerprint density at radius 2 is 2.17 bits per heavy atom. The van der Waals surface area contributed by atoms with Gasteiger partial charge in [-0.3, -0.25) is 0 Å². The highest BCUT2D eigenvalue weighted by atomic mass is 32.2. The molecule has 1 aliphatic heterocycles. The Hall–Kier alpha value is -1.45. The molecular weight excluding hydrogens is 255 g/mol. The van der Waals surface area contributed by atoms with Crippen molar-refractivity contribution in [2.45, 2.75) is 19.4 Å². The van der Waals surface area contributed by atoms with Crippen molar-refractivity contribution in [2.24, 2.45) is 0 Å². The van der Waals surface area contributed by atoms with Gasteiger partial charge in [-0.1, -0.05) is 6.07 Å². The molecule has 1 saturated heterocycles. The van der Waals surface area contributed by atoms with E-state index in [2.05, 4.69) is 0 Å². The number of nitrogens with zero attached hydrogens (tertiary/aromatic N) is 2. The zero-order valence-corrected chi connectivity index (χ0v) is 10.6. The molecule has 0 bridgehead atoms. The van der Waals surface area contributed by atoms with Gasteiger partial charge in [0.15, 0.2) is 0 Å². The number of halogens is 1. The molecule has 1 aliphatic rings. The SMILES string of the molecule is N#Cc1ccc(CN2CCCCS2(=O)=O)c(F)c1. The van der Waals surface area contributed by atoms with Gasteiger partial charge in [-0.15, -0.1) is 0 Å². The van der Waals surface area contributed by atoms with E-state index in [9.17, 15) is 12.8 Å². The summed E-state index contributed by atoms with van der Waals surface area (Å²) in [5, 5.41) is 8.63. The second kappa shape index (κ2) is 5.04. The summed E-state index contributed by atoms with van der Waals surface area (Å²) in [6.07, 6.45) is 1.46. The van der Waals surface area contributed by atoms with E-state index in [-0.39, 0.29) is 17.9 Å². The first-order chi connectivity index (χ1) is 8.53. The van der Waals surface area contributed by atoms with E-state index in [1.807, 2.05) is 6.07 Å². The van der Waals surface area contributed by atoms with Gasteiger partial charge < -0.3 is 0 Å². The highest BCUT2D eigenvalue weighted by Crippen LogP contribution is 2.19. The minimum Gasteiger partial charge on any atom is -0.212 e. The summed E-state index contributed by atoms with van der Waals surface area (Å²) in [7, 11) is -3.25. The second-order valence-corrected chi connectivity index (χ2v) is 6.36. The van der Waals surface area contributed by atoms with Gasteiger partial charge in [-0.05, 0) is 25.0 Å². The topological polar surface area (TPSA) is 61.2 Å². The van der Waals surface area contributed by atoms with E-state index < -0.39 is 15.8 Å². The highest BCUT2D eigenvalue weighted by molar-refractivity contribution is 7.89. The summed E-state index contributed by atoms with van der Waals surface area (Å²) in [5.41, 5.74) is 0.539. The third-order valence-electron chi connectivity index (χ3n) is 2.98. The number of benzene rings is 1. The molecule has 0 unspecified atom stereocenters. The molecule has 0 saturated carbocycles. The molecule has 0 N–H and O–H groups in total. The van der Waals surface area contributed by atoms with Crippen LogP contribution in [0.25, 0.3) is 0 Å². The Kier molecular flexibility index (Phi) is 3.64. The summed E-state index contributed by atoms with van der Waals surface area (Å²) in [6.45, 7) is 0.474. The van der Waals surface area contributed by atoms with Gasteiger partial charge >= 0.3 is 0 Å². The predicted octanol–water partition coefficient (Wildman–Crippen LogP) is 1.62. The molecule has 4 nitrogen and oxygen atoms in total. The first kappa shape index (κ1) is 13.0. The van der Waals surface area contributed by atoms with Crippen molar-refractivity contribution in [1.29, 1.82) is 5.26 Å². The van der Waals surface area contributed by atoms with Crippen LogP contribution in [-0.2, 0) is 16.6 Å². The van der Waals surface area contributed by atoms with Crippen molar-refractivity contribution in [3.05, 3.63) is 35.1 Å². The molecule has 1 aromatic rings. The van der Waals surface area contributed by atoms with Crippen LogP contribution in [0.4, 0.5) is 4.39 Å². The Balaban J connectivity index is 2.22. The summed E-state index contributed by atoms with van der Waals surface area (Å²) in [5.74, 6) is -0.403. The van der Waals surface area contributed by atoms with Crippen molar-refractivity contribution < 1.29 is 12.8 Å². The molecule has 1 aromatic carbocycles. The van der Waals surface area contributed by atoms with Gasteiger partial charge in [-0.2, -0.15) is 9.57 Å². The van der Waals surface area contributed by atoms with Crippen LogP contribution in [0.5, 0.6) is 0 Å². The van der Waals surface area contributed by atoms with Gasteiger partial charge in [-0.25, -0.2) is 12.8 Å². The van der Waals surface area contributed by atoms with Crippen molar-refractivity contribution in [2.75, 3.05) is 12.3 Å². The normalized spacial score (nSPS) is 19.3. The van der Waals surface area contributed by atoms with Crippen LogP contribution in [0.3, 0.4) is 0 Å². The average molecular weight is 268 g/mol. The lowest BCUT2D eigenvalue weighted by Gasteiger charge is -2.26. The first-order valence-corrected chi connectivity index (χ1v) is 7.30. The number of nitriles is 1. The standard InChI is InChI=1S/C12H13FN2O2S/c13-12-7-10(8-14)3-4-11(12)9-15-5-1-2-6-18(15,16)17/h3-4,7H,1-2,5-6,9H2. The Labute approximate surface area is 106 Å². The van der Waals surface area contributed by atoms with Crippen LogP contribution in [0.1, 0.15) is 24.0 Å². The molecule has 0 amide bonds. The van der Waals surface area contributed by atoms with E-state index >= 15 is 0 Å². The third-order valence-corrected chi connectivity index (χ3v) is 4.89. The van der Waals surface area contributed by atoms with Crippen LogP contribution >= 0.6 is 0 Å². The largest absolute Gasteiger partial charge is 0.214 e. The van der Waals surface area contributed by atoms with E-state index in [1.165, 1.54) is 16.4 Å². The highest BCUT2D eigenvalue weighted by Gasteiger charge is 2.26. The second-order valence-electron chi connectivity index (χ2n) is 4.27. The van der Waals surface area contributed by atoms with Gasteiger partial charge in [0.2, 0.25) is 10.0 Å². The van der Waals surface area contributed by atoms with Crippen LogP contribution in [0.2, 0.25) is 0 Å². The van der Waals surface area contributed by atoms with Crippen LogP contribution in [0.15, 0.2) is 18.2 Å². The molecule has 6 heteroatoms. The predicted molar refractivity (Wildman–Crippen MR) is 64.5 cm³/mol. The van der Waals surface area contributed by atoms with E-state index in [1.54, 1.807) is 0 Å². The maximum atomic E-state index is 13.7. The molecule has 0 aromatic heterocycles. The van der Waals surface area contributed by atoms with E-state index in [0.29, 0.717) is 18.5 Å². The Morgan fingerprint density at radius 1 is 1.39 bits per heavy atom. The summed E-state index contributed by atoms with van der Waals surface area (Å²) in [4.78, 5) is 0. The Bertz CT molecular complexity index is 593. The van der Waals surface area contributed by atoms with E-state index in [4.69, 9.17) is 5.26 Å².